The minimum atomic E-state index is -0.393. The number of phenolic OH excluding ortho intramolecular Hbond substituents is 1. The zero-order chi connectivity index (χ0) is 30.6. The minimum absolute atomic E-state index is 0.0533. The van der Waals surface area contributed by atoms with Crippen molar-refractivity contribution in [3.05, 3.63) is 41.5 Å². The van der Waals surface area contributed by atoms with Crippen LogP contribution in [0.25, 0.3) is 0 Å². The van der Waals surface area contributed by atoms with E-state index in [2.05, 4.69) is 48.5 Å². The predicted octanol–water partition coefficient (Wildman–Crippen LogP) is 7.99. The van der Waals surface area contributed by atoms with Gasteiger partial charge in [0.25, 0.3) is 0 Å². The SMILES string of the molecule is CC[C@H](C[C@@H](O)[C@@H](C)[C@H]1CC[C@H]2C3=CC(=O)[C@H]4[C@H](C)[C@@H](OC(=O)c5ccc(O)cc5)CC[C@]4(C)[C@H]3CC[C@]12C)C(C)C. The Morgan fingerprint density at radius 1 is 1.00 bits per heavy atom. The minimum Gasteiger partial charge on any atom is -0.508 e. The van der Waals surface area contributed by atoms with Crippen molar-refractivity contribution in [2.75, 3.05) is 0 Å². The Bertz CT molecular complexity index is 1190. The van der Waals surface area contributed by atoms with Crippen LogP contribution in [0.1, 0.15) is 110 Å². The Morgan fingerprint density at radius 2 is 1.64 bits per heavy atom. The number of aliphatic hydroxyl groups is 1. The quantitative estimate of drug-likeness (QED) is 0.306. The molecule has 3 fully saturated rings. The van der Waals surface area contributed by atoms with Crippen molar-refractivity contribution < 1.29 is 24.5 Å². The summed E-state index contributed by atoms with van der Waals surface area (Å²) in [5.41, 5.74) is 1.80. The molecule has 5 nitrogen and oxygen atoms in total. The summed E-state index contributed by atoms with van der Waals surface area (Å²) in [5, 5.41) is 21.0. The van der Waals surface area contributed by atoms with E-state index in [9.17, 15) is 19.8 Å². The third kappa shape index (κ3) is 5.26. The average Bonchev–Trinajstić information content (AvgIpc) is 3.30. The Labute approximate surface area is 253 Å². The van der Waals surface area contributed by atoms with E-state index in [0.29, 0.717) is 35.2 Å². The monoisotopic (exact) mass is 578 g/mol. The van der Waals surface area contributed by atoms with Crippen molar-refractivity contribution in [1.82, 2.24) is 0 Å². The summed E-state index contributed by atoms with van der Waals surface area (Å²) >= 11 is 0. The fourth-order valence-corrected chi connectivity index (χ4v) is 10.4. The van der Waals surface area contributed by atoms with Crippen LogP contribution >= 0.6 is 0 Å². The van der Waals surface area contributed by atoms with Gasteiger partial charge in [0.15, 0.2) is 5.78 Å². The molecule has 0 heterocycles. The van der Waals surface area contributed by atoms with Gasteiger partial charge >= 0.3 is 5.97 Å². The van der Waals surface area contributed by atoms with E-state index in [-0.39, 0.29) is 52.3 Å². The number of rotatable bonds is 8. The molecule has 0 saturated heterocycles. The molecule has 1 aromatic carbocycles. The molecule has 0 bridgehead atoms. The van der Waals surface area contributed by atoms with Gasteiger partial charge in [-0.3, -0.25) is 4.79 Å². The summed E-state index contributed by atoms with van der Waals surface area (Å²) in [4.78, 5) is 26.9. The molecule has 5 heteroatoms. The number of allylic oxidation sites excluding steroid dienone is 2. The zero-order valence-corrected chi connectivity index (χ0v) is 26.9. The molecule has 1 aromatic rings. The average molecular weight is 579 g/mol. The number of fused-ring (bicyclic) bond motifs is 5. The normalized spacial score (nSPS) is 38.1. The first-order chi connectivity index (χ1) is 19.8. The van der Waals surface area contributed by atoms with Gasteiger partial charge in [-0.05, 0) is 122 Å². The smallest absolute Gasteiger partial charge is 0.338 e. The number of ether oxygens (including phenoxy) is 1. The molecule has 0 aromatic heterocycles. The third-order valence-corrected chi connectivity index (χ3v) is 13.0. The number of carbonyl (C=O) groups is 2. The number of hydrogen-bond acceptors (Lipinski definition) is 5. The van der Waals surface area contributed by atoms with E-state index in [1.165, 1.54) is 17.7 Å². The lowest BCUT2D eigenvalue weighted by Crippen LogP contribution is -2.56. The van der Waals surface area contributed by atoms with Crippen LogP contribution in [-0.2, 0) is 9.53 Å². The van der Waals surface area contributed by atoms with Gasteiger partial charge in [0, 0.05) is 11.8 Å². The molecule has 3 saturated carbocycles. The fourth-order valence-electron chi connectivity index (χ4n) is 10.4. The lowest BCUT2D eigenvalue weighted by Gasteiger charge is -2.58. The largest absolute Gasteiger partial charge is 0.508 e. The first kappa shape index (κ1) is 31.3. The molecule has 0 amide bonds. The van der Waals surface area contributed by atoms with Crippen LogP contribution < -0.4 is 0 Å². The Kier molecular flexibility index (Phi) is 8.75. The molecule has 2 N–H and O–H groups in total. The molecule has 4 aliphatic carbocycles. The number of ketones is 1. The Morgan fingerprint density at radius 3 is 2.29 bits per heavy atom. The van der Waals surface area contributed by atoms with Gasteiger partial charge in [-0.2, -0.15) is 0 Å². The van der Waals surface area contributed by atoms with Crippen LogP contribution in [0.15, 0.2) is 35.9 Å². The highest BCUT2D eigenvalue weighted by molar-refractivity contribution is 5.95. The van der Waals surface area contributed by atoms with Crippen molar-refractivity contribution in [2.45, 2.75) is 112 Å². The maximum absolute atomic E-state index is 14.0. The summed E-state index contributed by atoms with van der Waals surface area (Å²) in [6.07, 6.45) is 9.54. The fraction of sp³-hybridized carbons (Fsp3) is 0.730. The number of esters is 1. The van der Waals surface area contributed by atoms with Crippen LogP contribution in [0, 0.1) is 58.2 Å². The first-order valence-corrected chi connectivity index (χ1v) is 16.7. The molecular formula is C37H54O5. The molecule has 0 radical (unpaired) electrons. The second-order valence-electron chi connectivity index (χ2n) is 15.3. The van der Waals surface area contributed by atoms with Gasteiger partial charge in [-0.1, -0.05) is 60.5 Å². The standard InChI is InChI=1S/C37H54O5/c1-8-24(21(2)3)19-31(39)22(4)28-13-14-29-27-20-32(40)34-23(5)33(42-35(41)25-9-11-26(38)12-10-25)16-18-37(34,7)30(27)15-17-36(28,29)6/h9-12,20-24,28-31,33-34,38-39H,8,13-19H2,1-7H3/t22-,23+,24+,28+,29-,30-,31+,33-,34+,36+,37+/m0/s1. The topological polar surface area (TPSA) is 83.8 Å². The first-order valence-electron chi connectivity index (χ1n) is 16.7. The molecule has 5 rings (SSSR count). The van der Waals surface area contributed by atoms with E-state index in [1.807, 2.05) is 6.08 Å². The van der Waals surface area contributed by atoms with Gasteiger partial charge in [0.2, 0.25) is 0 Å². The number of benzene rings is 1. The molecule has 232 valence electrons. The van der Waals surface area contributed by atoms with Crippen molar-refractivity contribution in [3.8, 4) is 5.75 Å². The molecule has 0 unspecified atom stereocenters. The van der Waals surface area contributed by atoms with E-state index in [4.69, 9.17) is 4.74 Å². The Balaban J connectivity index is 1.33. The van der Waals surface area contributed by atoms with Gasteiger partial charge in [0.05, 0.1) is 11.7 Å². The number of aliphatic hydroxyl groups excluding tert-OH is 1. The van der Waals surface area contributed by atoms with Crippen molar-refractivity contribution in [3.63, 3.8) is 0 Å². The number of phenols is 1. The zero-order valence-electron chi connectivity index (χ0n) is 26.9. The second kappa shape index (κ2) is 11.7. The lowest BCUT2D eigenvalue weighted by molar-refractivity contribution is -0.140. The van der Waals surface area contributed by atoms with Crippen molar-refractivity contribution in [2.24, 2.45) is 58.2 Å². The van der Waals surface area contributed by atoms with Crippen LogP contribution in [-0.4, -0.2) is 34.2 Å². The van der Waals surface area contributed by atoms with Crippen molar-refractivity contribution in [1.29, 1.82) is 0 Å². The van der Waals surface area contributed by atoms with E-state index >= 15 is 0 Å². The van der Waals surface area contributed by atoms with Gasteiger partial charge in [-0.15, -0.1) is 0 Å². The van der Waals surface area contributed by atoms with Crippen LogP contribution in [0.2, 0.25) is 0 Å². The van der Waals surface area contributed by atoms with Gasteiger partial charge < -0.3 is 14.9 Å². The molecule has 11 atom stereocenters. The number of hydrogen-bond donors (Lipinski definition) is 2. The second-order valence-corrected chi connectivity index (χ2v) is 15.3. The highest BCUT2D eigenvalue weighted by atomic mass is 16.5. The summed E-state index contributed by atoms with van der Waals surface area (Å²) in [6.45, 7) is 15.9. The molecule has 4 aliphatic rings. The van der Waals surface area contributed by atoms with E-state index in [1.54, 1.807) is 12.1 Å². The number of aromatic hydroxyl groups is 1. The highest BCUT2D eigenvalue weighted by Gasteiger charge is 2.61. The van der Waals surface area contributed by atoms with Crippen LogP contribution in [0.5, 0.6) is 5.75 Å². The molecular weight excluding hydrogens is 524 g/mol. The van der Waals surface area contributed by atoms with Crippen LogP contribution in [0.3, 0.4) is 0 Å². The summed E-state index contributed by atoms with van der Waals surface area (Å²) in [6, 6.07) is 6.15. The van der Waals surface area contributed by atoms with Crippen LogP contribution in [0.4, 0.5) is 0 Å². The maximum atomic E-state index is 14.0. The van der Waals surface area contributed by atoms with E-state index in [0.717, 1.165) is 51.4 Å². The van der Waals surface area contributed by atoms with Gasteiger partial charge in [0.1, 0.15) is 11.9 Å². The summed E-state index contributed by atoms with van der Waals surface area (Å²) in [5.74, 6) is 2.39. The summed E-state index contributed by atoms with van der Waals surface area (Å²) in [7, 11) is 0. The summed E-state index contributed by atoms with van der Waals surface area (Å²) < 4.78 is 5.99. The predicted molar refractivity (Wildman–Crippen MR) is 166 cm³/mol. The highest BCUT2D eigenvalue weighted by Crippen LogP contribution is 2.67. The third-order valence-electron chi connectivity index (χ3n) is 13.0. The Hall–Kier alpha value is -2.14. The number of carbonyl (C=O) groups excluding carboxylic acids is 2. The van der Waals surface area contributed by atoms with Gasteiger partial charge in [-0.25, -0.2) is 4.79 Å². The molecule has 0 spiro atoms. The maximum Gasteiger partial charge on any atom is 0.338 e. The van der Waals surface area contributed by atoms with Crippen molar-refractivity contribution >= 4 is 11.8 Å². The molecule has 42 heavy (non-hydrogen) atoms. The molecule has 0 aliphatic heterocycles. The van der Waals surface area contributed by atoms with E-state index < -0.39 is 5.97 Å². The lowest BCUT2D eigenvalue weighted by atomic mass is 9.46.